The first-order chi connectivity index (χ1) is 10.1. The molecule has 2 N–H and O–H groups in total. The van der Waals surface area contributed by atoms with E-state index in [1.54, 1.807) is 18.3 Å². The van der Waals surface area contributed by atoms with Crippen molar-refractivity contribution >= 4 is 22.9 Å². The quantitative estimate of drug-likeness (QED) is 0.889. The molecule has 3 nitrogen and oxygen atoms in total. The molecule has 0 atom stereocenters. The fraction of sp³-hybridized carbons (Fsp3) is 0.706. The van der Waals surface area contributed by atoms with E-state index in [2.05, 4.69) is 16.0 Å². The first-order valence-corrected chi connectivity index (χ1v) is 9.09. The molecule has 0 radical (unpaired) electrons. The number of nitrogens with one attached hydrogen (secondary N) is 2. The number of anilines is 1. The predicted octanol–water partition coefficient (Wildman–Crippen LogP) is 3.76. The summed E-state index contributed by atoms with van der Waals surface area (Å²) in [5, 5.41) is 8.92. The first-order valence-electron chi connectivity index (χ1n) is 8.21. The van der Waals surface area contributed by atoms with Crippen LogP contribution >= 0.6 is 11.3 Å². The van der Waals surface area contributed by atoms with E-state index in [-0.39, 0.29) is 5.91 Å². The maximum absolute atomic E-state index is 11.3. The number of thiophene rings is 1. The van der Waals surface area contributed by atoms with Crippen molar-refractivity contribution in [3.05, 3.63) is 16.3 Å². The van der Waals surface area contributed by atoms with Gasteiger partial charge < -0.3 is 10.6 Å². The van der Waals surface area contributed by atoms with Crippen LogP contribution in [0.15, 0.2) is 11.4 Å². The highest BCUT2D eigenvalue weighted by molar-refractivity contribution is 7.10. The average molecular weight is 304 g/mol. The summed E-state index contributed by atoms with van der Waals surface area (Å²) in [7, 11) is 0. The lowest BCUT2D eigenvalue weighted by atomic mass is 9.53. The Labute approximate surface area is 130 Å². The zero-order chi connectivity index (χ0) is 14.4. The fourth-order valence-electron chi connectivity index (χ4n) is 5.37. The molecule has 4 saturated carbocycles. The third kappa shape index (κ3) is 2.64. The molecule has 0 aromatic carbocycles. The Bertz CT molecular complexity index is 515. The lowest BCUT2D eigenvalue weighted by Crippen LogP contribution is -2.58. The number of carbonyl (C=O) groups excluding carboxylic acids is 1. The third-order valence-electron chi connectivity index (χ3n) is 5.72. The Kier molecular flexibility index (Phi) is 3.34. The highest BCUT2D eigenvalue weighted by Crippen LogP contribution is 2.55. The number of hydrogen-bond donors (Lipinski definition) is 2. The van der Waals surface area contributed by atoms with Crippen molar-refractivity contribution in [1.29, 1.82) is 0 Å². The SMILES string of the molecule is CC(=O)Nc1ccsc1CNC12CC3CC(CC(C3)C1)C2. The molecule has 0 spiro atoms. The molecule has 114 valence electrons. The molecular weight excluding hydrogens is 280 g/mol. The third-order valence-corrected chi connectivity index (χ3v) is 6.64. The van der Waals surface area contributed by atoms with E-state index in [9.17, 15) is 4.79 Å². The number of rotatable bonds is 4. The number of amides is 1. The summed E-state index contributed by atoms with van der Waals surface area (Å²) in [5.74, 6) is 2.94. The molecule has 4 bridgehead atoms. The second-order valence-electron chi connectivity index (χ2n) is 7.49. The van der Waals surface area contributed by atoms with Gasteiger partial charge in [-0.2, -0.15) is 0 Å². The van der Waals surface area contributed by atoms with Crippen molar-refractivity contribution < 1.29 is 4.79 Å². The van der Waals surface area contributed by atoms with Gasteiger partial charge in [0.1, 0.15) is 0 Å². The van der Waals surface area contributed by atoms with E-state index in [1.165, 1.54) is 43.4 Å². The summed E-state index contributed by atoms with van der Waals surface area (Å²) in [5.41, 5.74) is 1.39. The highest BCUT2D eigenvalue weighted by atomic mass is 32.1. The van der Waals surface area contributed by atoms with Crippen LogP contribution in [0.25, 0.3) is 0 Å². The van der Waals surface area contributed by atoms with Gasteiger partial charge in [-0.3, -0.25) is 4.79 Å². The minimum Gasteiger partial charge on any atom is -0.325 e. The lowest BCUT2D eigenvalue weighted by molar-refractivity contribution is -0.114. The van der Waals surface area contributed by atoms with Crippen LogP contribution in [0, 0.1) is 17.8 Å². The van der Waals surface area contributed by atoms with E-state index in [4.69, 9.17) is 0 Å². The monoisotopic (exact) mass is 304 g/mol. The molecule has 4 aliphatic carbocycles. The summed E-state index contributed by atoms with van der Waals surface area (Å²) in [6.45, 7) is 2.48. The minimum atomic E-state index is 0.0180. The smallest absolute Gasteiger partial charge is 0.221 e. The van der Waals surface area contributed by atoms with Crippen molar-refractivity contribution in [2.75, 3.05) is 5.32 Å². The molecule has 0 saturated heterocycles. The largest absolute Gasteiger partial charge is 0.325 e. The van der Waals surface area contributed by atoms with Gasteiger partial charge in [-0.25, -0.2) is 0 Å². The summed E-state index contributed by atoms with van der Waals surface area (Å²) < 4.78 is 0. The summed E-state index contributed by atoms with van der Waals surface area (Å²) in [6, 6.07) is 2.02. The molecule has 21 heavy (non-hydrogen) atoms. The normalized spacial score (nSPS) is 36.9. The van der Waals surface area contributed by atoms with E-state index in [1.807, 2.05) is 6.07 Å². The zero-order valence-corrected chi connectivity index (χ0v) is 13.5. The Hall–Kier alpha value is -0.870. The van der Waals surface area contributed by atoms with Crippen molar-refractivity contribution in [3.63, 3.8) is 0 Å². The van der Waals surface area contributed by atoms with Crippen LogP contribution in [-0.2, 0) is 11.3 Å². The number of hydrogen-bond acceptors (Lipinski definition) is 3. The van der Waals surface area contributed by atoms with E-state index >= 15 is 0 Å². The molecule has 1 aromatic heterocycles. The summed E-state index contributed by atoms with van der Waals surface area (Å²) in [4.78, 5) is 12.5. The molecule has 1 heterocycles. The molecule has 4 heteroatoms. The maximum Gasteiger partial charge on any atom is 0.221 e. The lowest BCUT2D eigenvalue weighted by Gasteiger charge is -2.57. The highest BCUT2D eigenvalue weighted by Gasteiger charge is 2.50. The van der Waals surface area contributed by atoms with Gasteiger partial charge in [0, 0.05) is 23.9 Å². The van der Waals surface area contributed by atoms with Gasteiger partial charge in [0.05, 0.1) is 5.69 Å². The van der Waals surface area contributed by atoms with Crippen LogP contribution in [0.4, 0.5) is 5.69 Å². The Morgan fingerprint density at radius 1 is 1.24 bits per heavy atom. The average Bonchev–Trinajstić information content (AvgIpc) is 2.81. The maximum atomic E-state index is 11.3. The zero-order valence-electron chi connectivity index (χ0n) is 12.7. The van der Waals surface area contributed by atoms with Crippen molar-refractivity contribution in [2.45, 2.75) is 57.5 Å². The predicted molar refractivity (Wildman–Crippen MR) is 86.4 cm³/mol. The van der Waals surface area contributed by atoms with Crippen LogP contribution in [0.1, 0.15) is 50.3 Å². The molecule has 4 aliphatic rings. The molecular formula is C17H24N2OS. The first kappa shape index (κ1) is 13.8. The van der Waals surface area contributed by atoms with Crippen LogP contribution < -0.4 is 10.6 Å². The second-order valence-corrected chi connectivity index (χ2v) is 8.49. The van der Waals surface area contributed by atoms with Crippen LogP contribution in [0.3, 0.4) is 0 Å². The van der Waals surface area contributed by atoms with Crippen LogP contribution in [0.2, 0.25) is 0 Å². The Morgan fingerprint density at radius 2 is 1.86 bits per heavy atom. The fourth-order valence-corrected chi connectivity index (χ4v) is 6.14. The van der Waals surface area contributed by atoms with Gasteiger partial charge in [0.15, 0.2) is 0 Å². The van der Waals surface area contributed by atoms with Gasteiger partial charge in [0.2, 0.25) is 5.91 Å². The van der Waals surface area contributed by atoms with E-state index < -0.39 is 0 Å². The van der Waals surface area contributed by atoms with Gasteiger partial charge in [-0.1, -0.05) is 0 Å². The standard InChI is InChI=1S/C17H24N2OS/c1-11(20)19-15-2-3-21-16(15)10-18-17-7-12-4-13(8-17)6-14(5-12)9-17/h2-3,12-14,18H,4-10H2,1H3,(H,19,20). The molecule has 4 fully saturated rings. The molecule has 1 amide bonds. The summed E-state index contributed by atoms with van der Waals surface area (Å²) in [6.07, 6.45) is 8.57. The van der Waals surface area contributed by atoms with Gasteiger partial charge in [0.25, 0.3) is 0 Å². The van der Waals surface area contributed by atoms with Crippen molar-refractivity contribution in [2.24, 2.45) is 17.8 Å². The number of carbonyl (C=O) groups is 1. The van der Waals surface area contributed by atoms with Crippen LogP contribution in [-0.4, -0.2) is 11.4 Å². The summed E-state index contributed by atoms with van der Waals surface area (Å²) >= 11 is 1.74. The van der Waals surface area contributed by atoms with E-state index in [0.29, 0.717) is 5.54 Å². The molecule has 1 aromatic rings. The molecule has 5 rings (SSSR count). The molecule has 0 unspecified atom stereocenters. The van der Waals surface area contributed by atoms with Gasteiger partial charge in [-0.05, 0) is 67.7 Å². The van der Waals surface area contributed by atoms with Gasteiger partial charge in [-0.15, -0.1) is 11.3 Å². The Balaban J connectivity index is 1.45. The van der Waals surface area contributed by atoms with E-state index in [0.717, 1.165) is 30.0 Å². The van der Waals surface area contributed by atoms with Crippen molar-refractivity contribution in [1.82, 2.24) is 5.32 Å². The minimum absolute atomic E-state index is 0.0180. The topological polar surface area (TPSA) is 41.1 Å². The second kappa shape index (κ2) is 5.10. The Morgan fingerprint density at radius 3 is 2.43 bits per heavy atom. The molecule has 0 aliphatic heterocycles. The van der Waals surface area contributed by atoms with Crippen LogP contribution in [0.5, 0.6) is 0 Å². The van der Waals surface area contributed by atoms with Crippen molar-refractivity contribution in [3.8, 4) is 0 Å². The van der Waals surface area contributed by atoms with Gasteiger partial charge >= 0.3 is 0 Å².